The molecule has 8 nitrogen and oxygen atoms in total. The van der Waals surface area contributed by atoms with Crippen molar-refractivity contribution in [2.45, 2.75) is 74.3 Å². The molecule has 2 aliphatic heterocycles. The number of halogens is 1. The Balaban J connectivity index is 1.33. The number of nitrogens with one attached hydrogen (secondary N) is 1. The van der Waals surface area contributed by atoms with Crippen LogP contribution in [-0.4, -0.2) is 59.0 Å². The average molecular weight is 546 g/mol. The van der Waals surface area contributed by atoms with Crippen LogP contribution in [0.2, 0.25) is 5.02 Å². The maximum atomic E-state index is 12.8. The van der Waals surface area contributed by atoms with Gasteiger partial charge in [0.25, 0.3) is 0 Å². The second kappa shape index (κ2) is 12.7. The van der Waals surface area contributed by atoms with Crippen LogP contribution >= 0.6 is 23.4 Å². The molecule has 202 valence electrons. The van der Waals surface area contributed by atoms with Crippen LogP contribution in [0.15, 0.2) is 34.3 Å². The molecule has 2 aromatic rings. The fraction of sp³-hybridized carbons (Fsp3) is 0.593. The highest BCUT2D eigenvalue weighted by Gasteiger charge is 2.27. The number of hydrogen-bond acceptors (Lipinski definition) is 8. The van der Waals surface area contributed by atoms with E-state index in [1.807, 2.05) is 18.2 Å². The van der Waals surface area contributed by atoms with Crippen molar-refractivity contribution in [3.8, 4) is 0 Å². The highest BCUT2D eigenvalue weighted by atomic mass is 35.5. The van der Waals surface area contributed by atoms with Crippen LogP contribution in [0.3, 0.4) is 0 Å². The number of aromatic nitrogens is 2. The molecular formula is C27H40ClN7OS. The molecule has 2 saturated heterocycles. The van der Waals surface area contributed by atoms with E-state index in [-0.39, 0.29) is 11.4 Å². The monoisotopic (exact) mass is 545 g/mol. The predicted molar refractivity (Wildman–Crippen MR) is 153 cm³/mol. The van der Waals surface area contributed by atoms with Crippen LogP contribution in [0.1, 0.15) is 58.8 Å². The molecular weight excluding hydrogens is 506 g/mol. The molecule has 0 bridgehead atoms. The van der Waals surface area contributed by atoms with Crippen molar-refractivity contribution >= 4 is 46.6 Å². The van der Waals surface area contributed by atoms with E-state index in [1.165, 1.54) is 31.1 Å². The Morgan fingerprint density at radius 2 is 1.97 bits per heavy atom. The van der Waals surface area contributed by atoms with Gasteiger partial charge in [-0.15, -0.1) is 0 Å². The Morgan fingerprint density at radius 3 is 2.65 bits per heavy atom. The molecule has 0 saturated carbocycles. The number of benzene rings is 1. The highest BCUT2D eigenvalue weighted by molar-refractivity contribution is 7.99. The lowest BCUT2D eigenvalue weighted by atomic mass is 9.91. The van der Waals surface area contributed by atoms with Gasteiger partial charge in [-0.1, -0.05) is 42.8 Å². The van der Waals surface area contributed by atoms with E-state index >= 15 is 0 Å². The minimum atomic E-state index is -0.131. The summed E-state index contributed by atoms with van der Waals surface area (Å²) in [5.74, 6) is 1.55. The van der Waals surface area contributed by atoms with Gasteiger partial charge in [0.2, 0.25) is 5.91 Å². The third-order valence-corrected chi connectivity index (χ3v) is 9.02. The Hall–Kier alpha value is -2.07. The van der Waals surface area contributed by atoms with Gasteiger partial charge in [0.05, 0.1) is 16.9 Å². The predicted octanol–water partition coefficient (Wildman–Crippen LogP) is 5.02. The average Bonchev–Trinajstić information content (AvgIpc) is 2.87. The van der Waals surface area contributed by atoms with Crippen molar-refractivity contribution in [2.24, 2.45) is 11.7 Å². The lowest BCUT2D eigenvalue weighted by Crippen LogP contribution is -2.48. The lowest BCUT2D eigenvalue weighted by molar-refractivity contribution is -0.117. The first-order valence-electron chi connectivity index (χ1n) is 13.4. The highest BCUT2D eigenvalue weighted by Crippen LogP contribution is 2.39. The van der Waals surface area contributed by atoms with Crippen LogP contribution in [0.4, 0.5) is 17.3 Å². The Morgan fingerprint density at radius 1 is 1.24 bits per heavy atom. The third-order valence-electron chi connectivity index (χ3n) is 7.43. The number of rotatable bonds is 9. The van der Waals surface area contributed by atoms with Gasteiger partial charge in [-0.05, 0) is 76.7 Å². The number of unbranched alkanes of at least 4 members (excludes halogenated alkanes) is 1. The van der Waals surface area contributed by atoms with Gasteiger partial charge in [-0.2, -0.15) is 0 Å². The first kappa shape index (κ1) is 28.0. The largest absolute Gasteiger partial charge is 0.381 e. The summed E-state index contributed by atoms with van der Waals surface area (Å²) in [5.41, 5.74) is 13.0. The number of piperidine rings is 2. The molecule has 1 aromatic carbocycles. The van der Waals surface area contributed by atoms with Crippen LogP contribution in [-0.2, 0) is 4.79 Å². The molecule has 10 heteroatoms. The Bertz CT molecular complexity index is 1060. The van der Waals surface area contributed by atoms with Gasteiger partial charge in [0, 0.05) is 29.9 Å². The molecule has 0 aliphatic carbocycles. The first-order valence-corrected chi connectivity index (χ1v) is 14.6. The number of carbonyl (C=O) groups is 1. The van der Waals surface area contributed by atoms with Gasteiger partial charge in [-0.25, -0.2) is 9.97 Å². The van der Waals surface area contributed by atoms with Crippen molar-refractivity contribution in [1.82, 2.24) is 14.9 Å². The Kier molecular flexibility index (Phi) is 9.56. The van der Waals surface area contributed by atoms with E-state index in [9.17, 15) is 4.79 Å². The molecule has 1 aromatic heterocycles. The molecule has 1 amide bonds. The standard InChI is InChI=1S/C27H40ClN7OS/c1-3-4-12-34-13-8-19(9-14-34)17-23(36)32-20-6-5-7-21(24(20)28)37-26-25(29)33-22(18-31-26)35-15-10-27(2,30)11-16-35/h5-7,18-19H,3-4,8-17,30H2,1-2H3,(H2,29,33)(H,32,36). The number of nitrogens with zero attached hydrogens (tertiary/aromatic N) is 4. The summed E-state index contributed by atoms with van der Waals surface area (Å²) in [5, 5.41) is 4.09. The molecule has 5 N–H and O–H groups in total. The van der Waals surface area contributed by atoms with E-state index in [2.05, 4.69) is 38.9 Å². The van der Waals surface area contributed by atoms with Crippen molar-refractivity contribution in [1.29, 1.82) is 0 Å². The van der Waals surface area contributed by atoms with Crippen molar-refractivity contribution in [3.63, 3.8) is 0 Å². The fourth-order valence-electron chi connectivity index (χ4n) is 4.91. The van der Waals surface area contributed by atoms with Crippen LogP contribution < -0.4 is 21.7 Å². The summed E-state index contributed by atoms with van der Waals surface area (Å²) in [6, 6.07) is 5.61. The van der Waals surface area contributed by atoms with Crippen LogP contribution in [0.5, 0.6) is 0 Å². The summed E-state index contributed by atoms with van der Waals surface area (Å²) in [7, 11) is 0. The molecule has 0 radical (unpaired) electrons. The molecule has 2 aliphatic rings. The number of nitrogen functional groups attached to an aromatic ring is 1. The van der Waals surface area contributed by atoms with E-state index in [1.54, 1.807) is 6.20 Å². The minimum Gasteiger partial charge on any atom is -0.381 e. The first-order chi connectivity index (χ1) is 17.7. The van der Waals surface area contributed by atoms with Gasteiger partial charge >= 0.3 is 0 Å². The topological polar surface area (TPSA) is 113 Å². The number of amides is 1. The van der Waals surface area contributed by atoms with E-state index in [0.717, 1.165) is 62.6 Å². The van der Waals surface area contributed by atoms with E-state index in [4.69, 9.17) is 23.1 Å². The third kappa shape index (κ3) is 7.72. The van der Waals surface area contributed by atoms with Gasteiger partial charge < -0.3 is 26.6 Å². The SMILES string of the molecule is CCCCN1CCC(CC(=O)Nc2cccc(Sc3ncc(N4CCC(C)(N)CC4)nc3N)c2Cl)CC1. The summed E-state index contributed by atoms with van der Waals surface area (Å²) in [4.78, 5) is 27.4. The van der Waals surface area contributed by atoms with Crippen LogP contribution in [0, 0.1) is 5.92 Å². The number of hydrogen-bond donors (Lipinski definition) is 3. The molecule has 0 atom stereocenters. The fourth-order valence-corrected chi connectivity index (χ4v) is 6.01. The van der Waals surface area contributed by atoms with Crippen molar-refractivity contribution in [3.05, 3.63) is 29.4 Å². The molecule has 0 unspecified atom stereocenters. The van der Waals surface area contributed by atoms with Gasteiger partial charge in [0.15, 0.2) is 5.82 Å². The van der Waals surface area contributed by atoms with Gasteiger partial charge in [0.1, 0.15) is 10.8 Å². The van der Waals surface area contributed by atoms with E-state index in [0.29, 0.717) is 33.9 Å². The van der Waals surface area contributed by atoms with Crippen molar-refractivity contribution < 1.29 is 4.79 Å². The number of carbonyl (C=O) groups excluding carboxylic acids is 1. The number of nitrogens with two attached hydrogens (primary N) is 2. The quantitative estimate of drug-likeness (QED) is 0.402. The summed E-state index contributed by atoms with van der Waals surface area (Å²) in [6.45, 7) is 9.30. The molecule has 2 fully saturated rings. The van der Waals surface area contributed by atoms with Crippen molar-refractivity contribution in [2.75, 3.05) is 48.7 Å². The molecule has 4 rings (SSSR count). The number of likely N-dealkylation sites (tertiary alicyclic amines) is 1. The molecule has 37 heavy (non-hydrogen) atoms. The summed E-state index contributed by atoms with van der Waals surface area (Å²) >= 11 is 8.05. The summed E-state index contributed by atoms with van der Waals surface area (Å²) in [6.07, 6.45) is 8.68. The smallest absolute Gasteiger partial charge is 0.224 e. The Labute approximate surface area is 229 Å². The zero-order valence-electron chi connectivity index (χ0n) is 22.0. The second-order valence-electron chi connectivity index (χ2n) is 10.7. The number of anilines is 3. The summed E-state index contributed by atoms with van der Waals surface area (Å²) < 4.78 is 0. The maximum Gasteiger partial charge on any atom is 0.224 e. The second-order valence-corrected chi connectivity index (χ2v) is 12.1. The zero-order valence-corrected chi connectivity index (χ0v) is 23.6. The minimum absolute atomic E-state index is 0.00910. The zero-order chi connectivity index (χ0) is 26.4. The molecule has 3 heterocycles. The molecule has 0 spiro atoms. The van der Waals surface area contributed by atoms with E-state index < -0.39 is 0 Å². The van der Waals surface area contributed by atoms with Gasteiger partial charge in [-0.3, -0.25) is 4.79 Å². The van der Waals surface area contributed by atoms with Crippen LogP contribution in [0.25, 0.3) is 0 Å². The normalized spacial score (nSPS) is 18.6. The maximum absolute atomic E-state index is 12.8. The lowest BCUT2D eigenvalue weighted by Gasteiger charge is -2.37.